The first kappa shape index (κ1) is 19.8. The Balaban J connectivity index is 1.43. The largest absolute Gasteiger partial charge is 0.497 e. The molecule has 8 heteroatoms. The number of aromatic nitrogens is 1. The summed E-state index contributed by atoms with van der Waals surface area (Å²) in [6.07, 6.45) is 3.13. The summed E-state index contributed by atoms with van der Waals surface area (Å²) in [7, 11) is 3.19. The van der Waals surface area contributed by atoms with Gasteiger partial charge in [0.05, 0.1) is 19.9 Å². The zero-order chi connectivity index (χ0) is 20.9. The van der Waals surface area contributed by atoms with Crippen LogP contribution in [0.4, 0.5) is 5.13 Å². The van der Waals surface area contributed by atoms with Gasteiger partial charge in [-0.15, -0.1) is 11.3 Å². The number of hydrogen-bond donors (Lipinski definition) is 1. The van der Waals surface area contributed by atoms with Gasteiger partial charge in [-0.3, -0.25) is 10.1 Å². The van der Waals surface area contributed by atoms with Crippen molar-refractivity contribution < 1.29 is 23.7 Å². The number of carbonyl (C=O) groups excluding carboxylic acids is 1. The van der Waals surface area contributed by atoms with E-state index in [9.17, 15) is 4.79 Å². The average molecular weight is 424 g/mol. The van der Waals surface area contributed by atoms with Crippen LogP contribution in [0, 0.1) is 0 Å². The van der Waals surface area contributed by atoms with Gasteiger partial charge in [0, 0.05) is 17.0 Å². The highest BCUT2D eigenvalue weighted by Crippen LogP contribution is 2.40. The van der Waals surface area contributed by atoms with Crippen LogP contribution in [-0.2, 0) is 4.79 Å². The van der Waals surface area contributed by atoms with Crippen molar-refractivity contribution in [1.82, 2.24) is 4.98 Å². The van der Waals surface area contributed by atoms with Gasteiger partial charge in [0.1, 0.15) is 19.0 Å². The molecule has 1 aliphatic rings. The zero-order valence-electron chi connectivity index (χ0n) is 16.5. The van der Waals surface area contributed by atoms with Crippen LogP contribution in [-0.4, -0.2) is 38.3 Å². The van der Waals surface area contributed by atoms with Crippen molar-refractivity contribution in [3.63, 3.8) is 0 Å². The maximum absolute atomic E-state index is 12.3. The van der Waals surface area contributed by atoms with E-state index in [4.69, 9.17) is 18.9 Å². The molecule has 0 fully saturated rings. The molecule has 30 heavy (non-hydrogen) atoms. The molecule has 2 aromatic carbocycles. The minimum absolute atomic E-state index is 0.278. The van der Waals surface area contributed by atoms with Gasteiger partial charge in [0.2, 0.25) is 11.7 Å². The topological polar surface area (TPSA) is 78.9 Å². The molecule has 0 aliphatic carbocycles. The van der Waals surface area contributed by atoms with Crippen molar-refractivity contribution >= 4 is 28.5 Å². The predicted molar refractivity (Wildman–Crippen MR) is 116 cm³/mol. The Hall–Kier alpha value is -3.52. The van der Waals surface area contributed by atoms with Gasteiger partial charge in [0.25, 0.3) is 0 Å². The summed E-state index contributed by atoms with van der Waals surface area (Å²) < 4.78 is 21.7. The Morgan fingerprint density at radius 1 is 1.13 bits per heavy atom. The van der Waals surface area contributed by atoms with Gasteiger partial charge in [-0.25, -0.2) is 4.98 Å². The standard InChI is InChI=1S/C22H20N2O5S/c1-26-16-6-4-15(5-7-16)17-13-30-22(23-17)24-20(25)8-3-14-11-18(27-2)21-19(12-14)28-9-10-29-21/h3-8,11-13H,9-10H2,1-2H3,(H,23,24,25). The molecule has 0 bridgehead atoms. The van der Waals surface area contributed by atoms with Crippen LogP contribution in [0.5, 0.6) is 23.0 Å². The molecule has 0 saturated heterocycles. The van der Waals surface area contributed by atoms with Crippen molar-refractivity contribution in [2.75, 3.05) is 32.8 Å². The van der Waals surface area contributed by atoms with Gasteiger partial charge in [-0.05, 0) is 48.0 Å². The van der Waals surface area contributed by atoms with E-state index in [2.05, 4.69) is 10.3 Å². The van der Waals surface area contributed by atoms with Crippen LogP contribution in [0.1, 0.15) is 5.56 Å². The first-order chi connectivity index (χ1) is 14.7. The van der Waals surface area contributed by atoms with Crippen molar-refractivity contribution in [3.05, 3.63) is 53.4 Å². The molecule has 2 heterocycles. The Kier molecular flexibility index (Phi) is 5.85. The molecule has 1 amide bonds. The summed E-state index contributed by atoms with van der Waals surface area (Å²) in [4.78, 5) is 16.8. The number of fused-ring (bicyclic) bond motifs is 1. The molecular formula is C22H20N2O5S. The van der Waals surface area contributed by atoms with Crippen molar-refractivity contribution in [3.8, 4) is 34.3 Å². The second-order valence-corrected chi connectivity index (χ2v) is 7.19. The first-order valence-corrected chi connectivity index (χ1v) is 10.1. The van der Waals surface area contributed by atoms with E-state index in [0.29, 0.717) is 35.6 Å². The van der Waals surface area contributed by atoms with Crippen LogP contribution in [0.25, 0.3) is 17.3 Å². The van der Waals surface area contributed by atoms with Crippen molar-refractivity contribution in [1.29, 1.82) is 0 Å². The Morgan fingerprint density at radius 3 is 2.70 bits per heavy atom. The van der Waals surface area contributed by atoms with Crippen LogP contribution < -0.4 is 24.3 Å². The van der Waals surface area contributed by atoms with Crippen LogP contribution in [0.3, 0.4) is 0 Å². The van der Waals surface area contributed by atoms with Gasteiger partial charge >= 0.3 is 0 Å². The molecule has 3 aromatic rings. The fourth-order valence-electron chi connectivity index (χ4n) is 2.93. The number of anilines is 1. The molecule has 4 rings (SSSR count). The van der Waals surface area contributed by atoms with Crippen molar-refractivity contribution in [2.24, 2.45) is 0 Å². The molecule has 0 atom stereocenters. The minimum atomic E-state index is -0.278. The molecule has 1 N–H and O–H groups in total. The van der Waals surface area contributed by atoms with E-state index in [1.165, 1.54) is 17.4 Å². The normalized spacial score (nSPS) is 12.6. The number of nitrogens with one attached hydrogen (secondary N) is 1. The van der Waals surface area contributed by atoms with Crippen LogP contribution in [0.15, 0.2) is 47.9 Å². The quantitative estimate of drug-likeness (QED) is 0.596. The molecule has 7 nitrogen and oxygen atoms in total. The number of hydrogen-bond acceptors (Lipinski definition) is 7. The van der Waals surface area contributed by atoms with E-state index in [1.54, 1.807) is 26.4 Å². The fraction of sp³-hybridized carbons (Fsp3) is 0.182. The van der Waals surface area contributed by atoms with E-state index < -0.39 is 0 Å². The summed E-state index contributed by atoms with van der Waals surface area (Å²) in [6.45, 7) is 0.956. The smallest absolute Gasteiger partial charge is 0.250 e. The number of methoxy groups -OCH3 is 2. The lowest BCUT2D eigenvalue weighted by molar-refractivity contribution is -0.111. The lowest BCUT2D eigenvalue weighted by Gasteiger charge is -2.20. The Labute approximate surface area is 177 Å². The maximum atomic E-state index is 12.3. The van der Waals surface area contributed by atoms with Gasteiger partial charge in [-0.1, -0.05) is 0 Å². The van der Waals surface area contributed by atoms with Crippen molar-refractivity contribution in [2.45, 2.75) is 0 Å². The second-order valence-electron chi connectivity index (χ2n) is 6.34. The summed E-state index contributed by atoms with van der Waals surface area (Å²) in [6, 6.07) is 11.2. The zero-order valence-corrected chi connectivity index (χ0v) is 17.3. The van der Waals surface area contributed by atoms with Gasteiger partial charge < -0.3 is 18.9 Å². The molecule has 1 aromatic heterocycles. The number of carbonyl (C=O) groups is 1. The fourth-order valence-corrected chi connectivity index (χ4v) is 3.66. The highest BCUT2D eigenvalue weighted by atomic mass is 32.1. The molecule has 1 aliphatic heterocycles. The van der Waals surface area contributed by atoms with E-state index in [1.807, 2.05) is 35.7 Å². The highest BCUT2D eigenvalue weighted by molar-refractivity contribution is 7.14. The monoisotopic (exact) mass is 424 g/mol. The second kappa shape index (κ2) is 8.87. The third kappa shape index (κ3) is 4.38. The highest BCUT2D eigenvalue weighted by Gasteiger charge is 2.17. The number of benzene rings is 2. The Bertz CT molecular complexity index is 1060. The van der Waals surface area contributed by atoms with E-state index in [0.717, 1.165) is 22.6 Å². The number of rotatable bonds is 6. The molecule has 0 saturated carbocycles. The third-order valence-corrected chi connectivity index (χ3v) is 5.16. The SMILES string of the molecule is COc1ccc(-c2csc(NC(=O)C=Cc3cc(OC)c4c(c3)OCCO4)n2)cc1. The number of nitrogens with zero attached hydrogens (tertiary/aromatic N) is 1. The summed E-state index contributed by atoms with van der Waals surface area (Å²) in [5.74, 6) is 2.25. The number of thiazole rings is 1. The maximum Gasteiger partial charge on any atom is 0.250 e. The number of ether oxygens (including phenoxy) is 4. The molecule has 0 spiro atoms. The van der Waals surface area contributed by atoms with E-state index in [-0.39, 0.29) is 5.91 Å². The molecular weight excluding hydrogens is 404 g/mol. The average Bonchev–Trinajstić information content (AvgIpc) is 3.25. The summed E-state index contributed by atoms with van der Waals surface area (Å²) in [5, 5.41) is 5.20. The lowest BCUT2D eigenvalue weighted by Crippen LogP contribution is -2.16. The van der Waals surface area contributed by atoms with Gasteiger partial charge in [0.15, 0.2) is 16.6 Å². The van der Waals surface area contributed by atoms with Crippen LogP contribution in [0.2, 0.25) is 0 Å². The Morgan fingerprint density at radius 2 is 1.93 bits per heavy atom. The predicted octanol–water partition coefficient (Wildman–Crippen LogP) is 4.25. The molecule has 0 radical (unpaired) electrons. The van der Waals surface area contributed by atoms with Gasteiger partial charge in [-0.2, -0.15) is 0 Å². The van der Waals surface area contributed by atoms with Crippen LogP contribution >= 0.6 is 11.3 Å². The lowest BCUT2D eigenvalue weighted by atomic mass is 10.1. The molecule has 0 unspecified atom stereocenters. The molecule has 154 valence electrons. The summed E-state index contributed by atoms with van der Waals surface area (Å²) in [5.41, 5.74) is 2.51. The number of amides is 1. The first-order valence-electron chi connectivity index (χ1n) is 9.23. The third-order valence-electron chi connectivity index (χ3n) is 4.40. The minimum Gasteiger partial charge on any atom is -0.497 e. The van der Waals surface area contributed by atoms with E-state index >= 15 is 0 Å². The summed E-state index contributed by atoms with van der Waals surface area (Å²) >= 11 is 1.36.